The van der Waals surface area contributed by atoms with Gasteiger partial charge in [0.25, 0.3) is 0 Å². The van der Waals surface area contributed by atoms with Gasteiger partial charge in [-0.2, -0.15) is 0 Å². The van der Waals surface area contributed by atoms with E-state index in [0.29, 0.717) is 46.4 Å². The number of hydrogen-bond donors (Lipinski definition) is 3. The van der Waals surface area contributed by atoms with Crippen LogP contribution in [0.2, 0.25) is 0 Å². The Labute approximate surface area is 171 Å². The molecule has 152 valence electrons. The van der Waals surface area contributed by atoms with E-state index in [2.05, 4.69) is 15.3 Å². The monoisotopic (exact) mass is 406 g/mol. The van der Waals surface area contributed by atoms with Crippen LogP contribution in [0, 0.1) is 23.6 Å². The Morgan fingerprint density at radius 3 is 2.67 bits per heavy atom. The molecule has 1 aromatic carbocycles. The van der Waals surface area contributed by atoms with Gasteiger partial charge in [-0.3, -0.25) is 15.4 Å². The lowest BCUT2D eigenvalue weighted by molar-refractivity contribution is 0.248. The normalized spacial score (nSPS) is 16.7. The van der Waals surface area contributed by atoms with Crippen molar-refractivity contribution < 1.29 is 13.9 Å². The fourth-order valence-corrected chi connectivity index (χ4v) is 3.93. The van der Waals surface area contributed by atoms with Crippen LogP contribution in [-0.2, 0) is 6.54 Å². The van der Waals surface area contributed by atoms with Crippen LogP contribution in [0.1, 0.15) is 22.9 Å². The molecule has 30 heavy (non-hydrogen) atoms. The smallest absolute Gasteiger partial charge is 0.160 e. The first-order chi connectivity index (χ1) is 14.6. The number of aryl methyl sites for hydroxylation is 1. The van der Waals surface area contributed by atoms with Gasteiger partial charge in [-0.25, -0.2) is 14.4 Å². The van der Waals surface area contributed by atoms with Crippen LogP contribution in [0.15, 0.2) is 30.6 Å². The van der Waals surface area contributed by atoms with E-state index in [0.717, 1.165) is 11.9 Å². The zero-order valence-electron chi connectivity index (χ0n) is 16.2. The molecule has 0 saturated carbocycles. The number of anilines is 1. The highest BCUT2D eigenvalue weighted by Crippen LogP contribution is 2.40. The third-order valence-corrected chi connectivity index (χ3v) is 5.45. The Kier molecular flexibility index (Phi) is 4.23. The second kappa shape index (κ2) is 6.94. The quantitative estimate of drug-likeness (QED) is 0.448. The van der Waals surface area contributed by atoms with Gasteiger partial charge in [0.2, 0.25) is 0 Å². The minimum atomic E-state index is -0.318. The van der Waals surface area contributed by atoms with Gasteiger partial charge in [-0.15, -0.1) is 0 Å². The predicted molar refractivity (Wildman–Crippen MR) is 108 cm³/mol. The molecule has 0 amide bonds. The molecule has 0 unspecified atom stereocenters. The lowest BCUT2D eigenvalue weighted by Crippen LogP contribution is -2.25. The Morgan fingerprint density at radius 1 is 1.20 bits per heavy atom. The second-order valence-corrected chi connectivity index (χ2v) is 7.25. The molecule has 0 spiro atoms. The van der Waals surface area contributed by atoms with Crippen LogP contribution < -0.4 is 20.3 Å². The summed E-state index contributed by atoms with van der Waals surface area (Å²) in [6.45, 7) is 2.68. The molecule has 5 rings (SSSR count). The molecule has 9 heteroatoms. The van der Waals surface area contributed by atoms with Crippen molar-refractivity contribution in [1.82, 2.24) is 14.5 Å². The molecule has 3 N–H and O–H groups in total. The van der Waals surface area contributed by atoms with Crippen molar-refractivity contribution >= 4 is 12.2 Å². The van der Waals surface area contributed by atoms with E-state index in [1.807, 2.05) is 0 Å². The van der Waals surface area contributed by atoms with Crippen LogP contribution >= 0.6 is 0 Å². The van der Waals surface area contributed by atoms with Crippen LogP contribution in [-0.4, -0.2) is 34.1 Å². The molecule has 0 radical (unpaired) electrons. The van der Waals surface area contributed by atoms with Gasteiger partial charge < -0.3 is 14.8 Å². The summed E-state index contributed by atoms with van der Waals surface area (Å²) in [4.78, 5) is 8.41. The molecule has 0 aliphatic carbocycles. The number of fused-ring (bicyclic) bond motifs is 1. The van der Waals surface area contributed by atoms with Crippen molar-refractivity contribution in [2.45, 2.75) is 19.4 Å². The Balaban J connectivity index is 1.65. The van der Waals surface area contributed by atoms with Crippen LogP contribution in [0.3, 0.4) is 0 Å². The van der Waals surface area contributed by atoms with E-state index in [-0.39, 0.29) is 30.4 Å². The summed E-state index contributed by atoms with van der Waals surface area (Å²) in [5.41, 5.74) is 2.59. The molecule has 0 saturated heterocycles. The maximum Gasteiger partial charge on any atom is 0.160 e. The predicted octanol–water partition coefficient (Wildman–Crippen LogP) is 2.81. The van der Waals surface area contributed by atoms with Crippen molar-refractivity contribution in [3.8, 4) is 22.6 Å². The van der Waals surface area contributed by atoms with E-state index >= 15 is 0 Å². The molecule has 1 atom stereocenters. The van der Waals surface area contributed by atoms with Gasteiger partial charge >= 0.3 is 0 Å². The number of hydrogen-bond acceptors (Lipinski definition) is 7. The lowest BCUT2D eigenvalue weighted by Gasteiger charge is -2.18. The number of benzene rings is 1. The van der Waals surface area contributed by atoms with E-state index in [9.17, 15) is 4.39 Å². The summed E-state index contributed by atoms with van der Waals surface area (Å²) < 4.78 is 27.8. The third kappa shape index (κ3) is 2.81. The van der Waals surface area contributed by atoms with Crippen molar-refractivity contribution in [1.29, 1.82) is 10.8 Å². The lowest BCUT2D eigenvalue weighted by atomic mass is 9.96. The number of nitrogens with one attached hydrogen (secondary N) is 3. The molecule has 2 aromatic heterocycles. The van der Waals surface area contributed by atoms with Gasteiger partial charge in [-0.1, -0.05) is 0 Å². The molecular formula is C21H19FN6O2. The maximum atomic E-state index is 14.6. The molecule has 3 aromatic rings. The molecule has 0 fully saturated rings. The van der Waals surface area contributed by atoms with E-state index in [4.69, 9.17) is 20.3 Å². The highest BCUT2D eigenvalue weighted by molar-refractivity contribution is 5.74. The van der Waals surface area contributed by atoms with Crippen molar-refractivity contribution in [3.63, 3.8) is 0 Å². The van der Waals surface area contributed by atoms with E-state index in [1.165, 1.54) is 10.6 Å². The molecule has 0 bridgehead atoms. The largest absolute Gasteiger partial charge is 0.493 e. The first kappa shape index (κ1) is 18.3. The number of nitrogens with zero attached hydrogens (tertiary/aromatic N) is 3. The van der Waals surface area contributed by atoms with Gasteiger partial charge in [0, 0.05) is 41.2 Å². The zero-order chi connectivity index (χ0) is 20.8. The van der Waals surface area contributed by atoms with Gasteiger partial charge in [0.05, 0.1) is 25.5 Å². The van der Waals surface area contributed by atoms with E-state index in [1.54, 1.807) is 31.5 Å². The third-order valence-electron chi connectivity index (χ3n) is 5.45. The van der Waals surface area contributed by atoms with Gasteiger partial charge in [0.15, 0.2) is 11.6 Å². The molecule has 2 aliphatic heterocycles. The fraction of sp³-hybridized carbons (Fsp3) is 0.238. The minimum Gasteiger partial charge on any atom is -0.493 e. The minimum absolute atomic E-state index is 0.0768. The Hall–Kier alpha value is -3.75. The molecule has 8 nitrogen and oxygen atoms in total. The number of aromatic nitrogens is 3. The Bertz CT molecular complexity index is 1220. The number of rotatable bonds is 2. The zero-order valence-corrected chi connectivity index (χ0v) is 16.2. The molecular weight excluding hydrogens is 387 g/mol. The van der Waals surface area contributed by atoms with Crippen molar-refractivity contribution in [2.24, 2.45) is 0 Å². The van der Waals surface area contributed by atoms with Crippen LogP contribution in [0.25, 0.3) is 11.1 Å². The van der Waals surface area contributed by atoms with Crippen molar-refractivity contribution in [3.05, 3.63) is 58.8 Å². The van der Waals surface area contributed by atoms with Gasteiger partial charge in [0.1, 0.15) is 22.9 Å². The van der Waals surface area contributed by atoms with E-state index < -0.39 is 0 Å². The second-order valence-electron chi connectivity index (χ2n) is 7.25. The standard InChI is InChI=1S/C21H19FN6O2/c1-11-25-5-12(6-26-11)14-4-18-21(28(10-23)20(14)24)27-7-15-16(22)2-3-17-19(15)13(8-29-17)9-30-18/h2-6,10,13,23-24,27H,7-9H2,1H3/t13-/m1/s1. The summed E-state index contributed by atoms with van der Waals surface area (Å²) >= 11 is 0. The average molecular weight is 406 g/mol. The molecule has 2 aliphatic rings. The fourth-order valence-electron chi connectivity index (χ4n) is 3.93. The SMILES string of the molecule is Cc1ncc(-c2cc3c(n(C=N)c2=N)NCc2c(F)ccc4c2[C@H](CO4)CO3)cn1. The first-order valence-corrected chi connectivity index (χ1v) is 9.51. The van der Waals surface area contributed by atoms with Crippen LogP contribution in [0.4, 0.5) is 10.2 Å². The summed E-state index contributed by atoms with van der Waals surface area (Å²) in [7, 11) is 0. The summed E-state index contributed by atoms with van der Waals surface area (Å²) in [5, 5.41) is 19.6. The van der Waals surface area contributed by atoms with Crippen LogP contribution in [0.5, 0.6) is 11.5 Å². The number of ether oxygens (including phenoxy) is 2. The Morgan fingerprint density at radius 2 is 1.93 bits per heavy atom. The summed E-state index contributed by atoms with van der Waals surface area (Å²) in [6, 6.07) is 4.79. The topological polar surface area (TPSA) is 109 Å². The number of pyridine rings is 1. The summed E-state index contributed by atoms with van der Waals surface area (Å²) in [6.07, 6.45) is 4.32. The van der Waals surface area contributed by atoms with Crippen molar-refractivity contribution in [2.75, 3.05) is 18.5 Å². The highest BCUT2D eigenvalue weighted by atomic mass is 19.1. The first-order valence-electron chi connectivity index (χ1n) is 9.51. The maximum absolute atomic E-state index is 14.6. The highest BCUT2D eigenvalue weighted by Gasteiger charge is 2.31. The summed E-state index contributed by atoms with van der Waals surface area (Å²) in [5.74, 6) is 1.76. The average Bonchev–Trinajstić information content (AvgIpc) is 3.18. The van der Waals surface area contributed by atoms with Gasteiger partial charge in [-0.05, 0) is 25.1 Å². The molecule has 4 heterocycles. The number of halogens is 1.